The lowest BCUT2D eigenvalue weighted by Crippen LogP contribution is -1.69. The van der Waals surface area contributed by atoms with Crippen molar-refractivity contribution in [3.63, 3.8) is 0 Å². The van der Waals surface area contributed by atoms with Gasteiger partial charge in [0.2, 0.25) is 0 Å². The van der Waals surface area contributed by atoms with Crippen LogP contribution in [0.3, 0.4) is 0 Å². The van der Waals surface area contributed by atoms with Crippen molar-refractivity contribution >= 4 is 21.9 Å². The molecule has 0 aliphatic rings. The fourth-order valence-corrected chi connectivity index (χ4v) is 1.26. The third-order valence-corrected chi connectivity index (χ3v) is 2.14. The summed E-state index contributed by atoms with van der Waals surface area (Å²) in [5, 5.41) is 2.22. The van der Waals surface area contributed by atoms with Crippen molar-refractivity contribution in [2.24, 2.45) is 0 Å². The molecule has 0 unspecified atom stereocenters. The van der Waals surface area contributed by atoms with E-state index in [4.69, 9.17) is 0 Å². The molecule has 0 N–H and O–H groups in total. The van der Waals surface area contributed by atoms with Gasteiger partial charge in [-0.05, 0) is 23.4 Å². The van der Waals surface area contributed by atoms with E-state index in [1.807, 2.05) is 6.07 Å². The Kier molecular flexibility index (Phi) is 3.81. The predicted molar refractivity (Wildman–Crippen MR) is 61.0 cm³/mol. The molecule has 0 saturated heterocycles. The van der Waals surface area contributed by atoms with Gasteiger partial charge in [0, 0.05) is 0 Å². The molecule has 0 aliphatic carbocycles. The highest BCUT2D eigenvalue weighted by Gasteiger charge is 1.79. The quantitative estimate of drug-likeness (QED) is 0.482. The van der Waals surface area contributed by atoms with Crippen molar-refractivity contribution in [2.45, 2.75) is 0 Å². The van der Waals surface area contributed by atoms with Crippen LogP contribution in [0.4, 0.5) is 0 Å². The Morgan fingerprint density at radius 1 is 1.08 bits per heavy atom. The van der Waals surface area contributed by atoms with Gasteiger partial charge in [0.05, 0.1) is 0 Å². The summed E-state index contributed by atoms with van der Waals surface area (Å²) in [5.41, 5.74) is 1.26. The Labute approximate surface area is 76.9 Å². The minimum absolute atomic E-state index is 0.399. The van der Waals surface area contributed by atoms with E-state index in [-0.39, 0.29) is 0 Å². The van der Waals surface area contributed by atoms with Gasteiger partial charge in [0.25, 0.3) is 0 Å². The Morgan fingerprint density at radius 2 is 1.75 bits per heavy atom. The van der Waals surface area contributed by atoms with Crippen LogP contribution in [0.15, 0.2) is 36.4 Å². The zero-order chi connectivity index (χ0) is 8.81. The van der Waals surface area contributed by atoms with Gasteiger partial charge >= 0.3 is 0 Å². The number of allylic oxidation sites excluding steroid dienone is 1. The largest absolute Gasteiger partial charge is 0.192 e. The van der Waals surface area contributed by atoms with E-state index >= 15 is 0 Å². The van der Waals surface area contributed by atoms with E-state index in [9.17, 15) is 0 Å². The lowest BCUT2D eigenvalue weighted by atomic mass is 10.2. The van der Waals surface area contributed by atoms with Crippen molar-refractivity contribution in [2.75, 3.05) is 12.5 Å². The number of hydrogen-bond acceptors (Lipinski definition) is 0. The molecule has 0 aliphatic heterocycles. The molecule has 0 aromatic heterocycles. The molecule has 0 saturated carbocycles. The second-order valence-corrected chi connectivity index (χ2v) is 4.82. The van der Waals surface area contributed by atoms with Crippen molar-refractivity contribution in [1.82, 2.24) is 0 Å². The Morgan fingerprint density at radius 3 is 2.33 bits per heavy atom. The molecule has 1 rings (SSSR count). The molecule has 12 heavy (non-hydrogen) atoms. The maximum Gasteiger partial charge on any atom is -0.0236 e. The summed E-state index contributed by atoms with van der Waals surface area (Å²) in [6, 6.07) is 10.3. The standard InChI is InChI=1S/C11H14S/c1-12(2)10-6-9-11-7-4-3-5-8-11/h3-10H,1-2H3/b9-6+. The second kappa shape index (κ2) is 4.94. The molecule has 1 aromatic carbocycles. The predicted octanol–water partition coefficient (Wildman–Crippen LogP) is 3.03. The van der Waals surface area contributed by atoms with Crippen LogP contribution in [0.1, 0.15) is 5.56 Å². The maximum absolute atomic E-state index is 2.22. The highest BCUT2D eigenvalue weighted by Crippen LogP contribution is 2.01. The first-order valence-electron chi connectivity index (χ1n) is 3.92. The lowest BCUT2D eigenvalue weighted by molar-refractivity contribution is 1.66. The molecule has 1 aromatic rings. The zero-order valence-electron chi connectivity index (χ0n) is 7.53. The van der Waals surface area contributed by atoms with Gasteiger partial charge in [-0.1, -0.05) is 42.5 Å². The van der Waals surface area contributed by atoms with Crippen LogP contribution >= 0.6 is 10.5 Å². The molecule has 0 amide bonds. The van der Waals surface area contributed by atoms with Crippen molar-refractivity contribution in [3.8, 4) is 0 Å². The monoisotopic (exact) mass is 178 g/mol. The third-order valence-electron chi connectivity index (χ3n) is 1.44. The maximum atomic E-state index is 2.22. The lowest BCUT2D eigenvalue weighted by Gasteiger charge is -1.89. The van der Waals surface area contributed by atoms with Crippen molar-refractivity contribution in [3.05, 3.63) is 42.0 Å². The topological polar surface area (TPSA) is 0 Å². The molecule has 0 bridgehead atoms. The number of benzene rings is 1. The van der Waals surface area contributed by atoms with Crippen LogP contribution in [0.25, 0.3) is 6.08 Å². The Bertz CT molecular complexity index is 279. The average Bonchev–Trinajstić information content (AvgIpc) is 2.05. The highest BCUT2D eigenvalue weighted by atomic mass is 32.2. The van der Waals surface area contributed by atoms with E-state index in [0.717, 1.165) is 0 Å². The van der Waals surface area contributed by atoms with Crippen LogP contribution in [0.5, 0.6) is 0 Å². The molecular weight excluding hydrogens is 164 g/mol. The minimum Gasteiger partial charge on any atom is -0.192 e. The molecule has 64 valence electrons. The molecule has 0 spiro atoms. The normalized spacial score (nSPS) is 10.9. The minimum atomic E-state index is 0.399. The van der Waals surface area contributed by atoms with Gasteiger partial charge in [-0.15, -0.1) is 0 Å². The molecule has 0 fully saturated rings. The molecule has 0 heterocycles. The van der Waals surface area contributed by atoms with E-state index in [2.05, 4.69) is 54.3 Å². The molecule has 0 radical (unpaired) electrons. The Hall–Kier alpha value is -0.820. The first kappa shape index (κ1) is 9.27. The van der Waals surface area contributed by atoms with Crippen molar-refractivity contribution < 1.29 is 0 Å². The molecule has 1 heteroatoms. The summed E-state index contributed by atoms with van der Waals surface area (Å²) in [6.07, 6.45) is 8.66. The fourth-order valence-electron chi connectivity index (χ4n) is 0.872. The van der Waals surface area contributed by atoms with Crippen LogP contribution in [-0.4, -0.2) is 17.9 Å². The summed E-state index contributed by atoms with van der Waals surface area (Å²) < 4.78 is 0. The summed E-state index contributed by atoms with van der Waals surface area (Å²) >= 11 is 0. The van der Waals surface area contributed by atoms with Gasteiger partial charge < -0.3 is 0 Å². The SMILES string of the molecule is CS(C)=C/C=C/c1ccccc1. The number of hydrogen-bond donors (Lipinski definition) is 0. The van der Waals surface area contributed by atoms with Crippen LogP contribution in [-0.2, 0) is 0 Å². The van der Waals surface area contributed by atoms with Crippen LogP contribution < -0.4 is 0 Å². The smallest absolute Gasteiger partial charge is 0.0236 e. The van der Waals surface area contributed by atoms with E-state index < -0.39 is 0 Å². The second-order valence-electron chi connectivity index (χ2n) is 2.79. The average molecular weight is 178 g/mol. The molecule has 0 atom stereocenters. The van der Waals surface area contributed by atoms with Gasteiger partial charge in [0.1, 0.15) is 0 Å². The zero-order valence-corrected chi connectivity index (χ0v) is 8.34. The number of rotatable bonds is 2. The van der Waals surface area contributed by atoms with E-state index in [1.165, 1.54) is 5.56 Å². The van der Waals surface area contributed by atoms with Gasteiger partial charge in [-0.25, -0.2) is 0 Å². The summed E-state index contributed by atoms with van der Waals surface area (Å²) in [6.45, 7) is 0. The summed E-state index contributed by atoms with van der Waals surface area (Å²) in [7, 11) is 0.399. The molecular formula is C11H14S. The van der Waals surface area contributed by atoms with Crippen LogP contribution in [0, 0.1) is 0 Å². The fraction of sp³-hybridized carbons (Fsp3) is 0.182. The van der Waals surface area contributed by atoms with Crippen LogP contribution in [0.2, 0.25) is 0 Å². The van der Waals surface area contributed by atoms with Crippen molar-refractivity contribution in [1.29, 1.82) is 0 Å². The van der Waals surface area contributed by atoms with Gasteiger partial charge in [0.15, 0.2) is 0 Å². The Balaban J connectivity index is 2.64. The van der Waals surface area contributed by atoms with Gasteiger partial charge in [-0.3, -0.25) is 0 Å². The van der Waals surface area contributed by atoms with E-state index in [0.29, 0.717) is 10.5 Å². The van der Waals surface area contributed by atoms with E-state index in [1.54, 1.807) is 0 Å². The summed E-state index contributed by atoms with van der Waals surface area (Å²) in [5.74, 6) is 0. The first-order valence-corrected chi connectivity index (χ1v) is 6.02. The molecule has 0 nitrogen and oxygen atoms in total. The third kappa shape index (κ3) is 3.54. The highest BCUT2D eigenvalue weighted by molar-refractivity contribution is 8.14. The summed E-state index contributed by atoms with van der Waals surface area (Å²) in [4.78, 5) is 0. The first-order chi connectivity index (χ1) is 5.79. The van der Waals surface area contributed by atoms with Gasteiger partial charge in [-0.2, -0.15) is 10.5 Å².